The highest BCUT2D eigenvalue weighted by Gasteiger charge is 2.32. The Balaban J connectivity index is 3.36. The molecular weight excluding hydrogens is 324 g/mol. The second-order valence-corrected chi connectivity index (χ2v) is 5.57. The number of hydrogen-bond acceptors (Lipinski definition) is 7. The van der Waals surface area contributed by atoms with E-state index in [1.165, 1.54) is 6.92 Å². The van der Waals surface area contributed by atoms with E-state index in [0.29, 0.717) is 12.8 Å². The monoisotopic (exact) mass is 342 g/mol. The largest absolute Gasteiger partial charge is 0.462 e. The topological polar surface area (TPSA) is 116 Å². The zero-order chi connectivity index (χ0) is 17.6. The van der Waals surface area contributed by atoms with Gasteiger partial charge in [-0.1, -0.05) is 20.3 Å². The number of hydrogen-bond donors (Lipinski definition) is 1. The van der Waals surface area contributed by atoms with Crippen molar-refractivity contribution in [3.8, 4) is 0 Å². The number of nitro groups is 1. The highest BCUT2D eigenvalue weighted by molar-refractivity contribution is 7.19. The quantitative estimate of drug-likeness (QED) is 0.336. The van der Waals surface area contributed by atoms with Crippen molar-refractivity contribution in [2.24, 2.45) is 0 Å². The van der Waals surface area contributed by atoms with E-state index in [-0.39, 0.29) is 34.2 Å². The number of esters is 1. The molecule has 0 unspecified atom stereocenters. The predicted molar refractivity (Wildman–Crippen MR) is 84.9 cm³/mol. The first-order valence-electron chi connectivity index (χ1n) is 7.18. The van der Waals surface area contributed by atoms with E-state index >= 15 is 0 Å². The van der Waals surface area contributed by atoms with Crippen LogP contribution in [0.2, 0.25) is 0 Å². The molecule has 0 radical (unpaired) electrons. The number of carbonyl (C=O) groups excluding carboxylic acids is 3. The van der Waals surface area contributed by atoms with Crippen LogP contribution in [0.3, 0.4) is 0 Å². The maximum atomic E-state index is 12.0. The average molecular weight is 342 g/mol. The lowest BCUT2D eigenvalue weighted by Crippen LogP contribution is -2.21. The number of Topliss-reactive ketones (excluding diaryl/α,β-unsaturated/α-hetero) is 1. The zero-order valence-corrected chi connectivity index (χ0v) is 13.9. The van der Waals surface area contributed by atoms with Crippen LogP contribution < -0.4 is 5.32 Å². The fraction of sp³-hybridized carbons (Fsp3) is 0.500. The van der Waals surface area contributed by atoms with Crippen molar-refractivity contribution in [3.63, 3.8) is 0 Å². The van der Waals surface area contributed by atoms with E-state index in [1.54, 1.807) is 6.92 Å². The van der Waals surface area contributed by atoms with Gasteiger partial charge in [-0.15, -0.1) is 11.3 Å². The Kier molecular flexibility index (Phi) is 6.83. The van der Waals surface area contributed by atoms with Gasteiger partial charge < -0.3 is 10.1 Å². The van der Waals surface area contributed by atoms with E-state index in [9.17, 15) is 24.5 Å². The molecule has 1 N–H and O–H groups in total. The van der Waals surface area contributed by atoms with Gasteiger partial charge in [-0.25, -0.2) is 4.79 Å². The fourth-order valence-electron chi connectivity index (χ4n) is 1.91. The van der Waals surface area contributed by atoms with Crippen molar-refractivity contribution in [2.45, 2.75) is 40.0 Å². The molecule has 1 aromatic heterocycles. The molecule has 9 heteroatoms. The summed E-state index contributed by atoms with van der Waals surface area (Å²) in [5, 5.41) is 13.5. The SMILES string of the molecule is CCCc1c(C(=O)OCC)sc(NC(=O)C(=O)CC)c1[N+](=O)[O-]. The van der Waals surface area contributed by atoms with E-state index < -0.39 is 22.6 Å². The van der Waals surface area contributed by atoms with E-state index in [2.05, 4.69) is 5.32 Å². The predicted octanol–water partition coefficient (Wildman–Crippen LogP) is 2.70. The molecule has 0 atom stereocenters. The third kappa shape index (κ3) is 4.35. The molecule has 0 fully saturated rings. The summed E-state index contributed by atoms with van der Waals surface area (Å²) in [6, 6.07) is 0. The van der Waals surface area contributed by atoms with Crippen molar-refractivity contribution in [1.29, 1.82) is 0 Å². The summed E-state index contributed by atoms with van der Waals surface area (Å²) in [5.41, 5.74) is -0.127. The lowest BCUT2D eigenvalue weighted by Gasteiger charge is -2.02. The highest BCUT2D eigenvalue weighted by atomic mass is 32.1. The number of ketones is 1. The van der Waals surface area contributed by atoms with Crippen molar-refractivity contribution in [1.82, 2.24) is 0 Å². The third-order valence-corrected chi connectivity index (χ3v) is 4.04. The summed E-state index contributed by atoms with van der Waals surface area (Å²) in [5.74, 6) is -2.30. The van der Waals surface area contributed by atoms with Crippen LogP contribution in [0.25, 0.3) is 0 Å². The maximum absolute atomic E-state index is 12.0. The summed E-state index contributed by atoms with van der Waals surface area (Å²) in [4.78, 5) is 45.9. The molecule has 1 rings (SSSR count). The summed E-state index contributed by atoms with van der Waals surface area (Å²) < 4.78 is 4.91. The van der Waals surface area contributed by atoms with Gasteiger partial charge in [0.1, 0.15) is 4.88 Å². The molecule has 0 spiro atoms. The van der Waals surface area contributed by atoms with Gasteiger partial charge in [-0.05, 0) is 13.3 Å². The number of carbonyl (C=O) groups is 3. The molecule has 0 bridgehead atoms. The Hall–Kier alpha value is -2.29. The van der Waals surface area contributed by atoms with Gasteiger partial charge in [0.15, 0.2) is 5.00 Å². The number of nitrogens with zero attached hydrogens (tertiary/aromatic N) is 1. The van der Waals surface area contributed by atoms with Gasteiger partial charge in [0.05, 0.1) is 17.1 Å². The minimum atomic E-state index is -0.935. The Morgan fingerprint density at radius 2 is 1.91 bits per heavy atom. The summed E-state index contributed by atoms with van der Waals surface area (Å²) >= 11 is 0.758. The Morgan fingerprint density at radius 1 is 1.26 bits per heavy atom. The number of amides is 1. The van der Waals surface area contributed by atoms with Gasteiger partial charge in [-0.3, -0.25) is 19.7 Å². The molecular formula is C14H18N2O6S. The van der Waals surface area contributed by atoms with Crippen molar-refractivity contribution in [2.75, 3.05) is 11.9 Å². The standard InChI is InChI=1S/C14H18N2O6S/c1-4-7-8-10(16(20)21)13(15-12(18)9(17)5-2)23-11(8)14(19)22-6-3/h4-7H2,1-3H3,(H,15,18). The van der Waals surface area contributed by atoms with Crippen LogP contribution in [0.4, 0.5) is 10.7 Å². The molecule has 0 aliphatic heterocycles. The molecule has 0 saturated heterocycles. The summed E-state index contributed by atoms with van der Waals surface area (Å²) in [6.07, 6.45) is 0.849. The van der Waals surface area contributed by atoms with Crippen LogP contribution in [-0.4, -0.2) is 29.2 Å². The van der Waals surface area contributed by atoms with Gasteiger partial charge >= 0.3 is 11.7 Å². The first-order chi connectivity index (χ1) is 10.9. The molecule has 126 valence electrons. The van der Waals surface area contributed by atoms with E-state index in [1.807, 2.05) is 6.92 Å². The second-order valence-electron chi connectivity index (χ2n) is 4.55. The molecule has 0 saturated carbocycles. The number of nitrogens with one attached hydrogen (secondary N) is 1. The lowest BCUT2D eigenvalue weighted by molar-refractivity contribution is -0.384. The highest BCUT2D eigenvalue weighted by Crippen LogP contribution is 2.41. The molecule has 1 heterocycles. The average Bonchev–Trinajstić information content (AvgIpc) is 2.85. The fourth-order valence-corrected chi connectivity index (χ4v) is 3.02. The Labute approximate surface area is 137 Å². The van der Waals surface area contributed by atoms with Gasteiger partial charge in [0, 0.05) is 6.42 Å². The normalized spacial score (nSPS) is 10.2. The van der Waals surface area contributed by atoms with Crippen LogP contribution in [0.5, 0.6) is 0 Å². The number of thiophene rings is 1. The van der Waals surface area contributed by atoms with E-state index in [0.717, 1.165) is 11.3 Å². The number of ether oxygens (including phenoxy) is 1. The van der Waals surface area contributed by atoms with Crippen molar-refractivity contribution >= 4 is 39.7 Å². The van der Waals surface area contributed by atoms with Gasteiger partial charge in [0.25, 0.3) is 5.91 Å². The third-order valence-electron chi connectivity index (χ3n) is 2.92. The minimum Gasteiger partial charge on any atom is -0.462 e. The molecule has 0 aliphatic rings. The van der Waals surface area contributed by atoms with Crippen molar-refractivity contribution in [3.05, 3.63) is 20.6 Å². The Bertz CT molecular complexity index is 637. The first-order valence-corrected chi connectivity index (χ1v) is 8.00. The van der Waals surface area contributed by atoms with Gasteiger partial charge in [0.2, 0.25) is 5.78 Å². The first kappa shape index (κ1) is 18.8. The smallest absolute Gasteiger partial charge is 0.348 e. The molecule has 23 heavy (non-hydrogen) atoms. The van der Waals surface area contributed by atoms with Crippen LogP contribution in [0, 0.1) is 10.1 Å². The minimum absolute atomic E-state index is 0.0163. The van der Waals surface area contributed by atoms with Crippen LogP contribution in [-0.2, 0) is 20.7 Å². The lowest BCUT2D eigenvalue weighted by atomic mass is 10.1. The second kappa shape index (κ2) is 8.37. The summed E-state index contributed by atoms with van der Waals surface area (Å²) in [7, 11) is 0. The van der Waals surface area contributed by atoms with Crippen molar-refractivity contribution < 1.29 is 24.0 Å². The molecule has 0 aromatic carbocycles. The number of anilines is 1. The van der Waals surface area contributed by atoms with Crippen LogP contribution >= 0.6 is 11.3 Å². The summed E-state index contributed by atoms with van der Waals surface area (Å²) in [6.45, 7) is 5.08. The number of rotatable bonds is 8. The molecule has 1 amide bonds. The Morgan fingerprint density at radius 3 is 2.39 bits per heavy atom. The molecule has 8 nitrogen and oxygen atoms in total. The molecule has 1 aromatic rings. The molecule has 0 aliphatic carbocycles. The van der Waals surface area contributed by atoms with Crippen LogP contribution in [0.1, 0.15) is 48.8 Å². The van der Waals surface area contributed by atoms with Gasteiger partial charge in [-0.2, -0.15) is 0 Å². The maximum Gasteiger partial charge on any atom is 0.348 e. The van der Waals surface area contributed by atoms with E-state index in [4.69, 9.17) is 4.74 Å². The van der Waals surface area contributed by atoms with Crippen LogP contribution in [0.15, 0.2) is 0 Å². The zero-order valence-electron chi connectivity index (χ0n) is 13.1.